The topological polar surface area (TPSA) is 91.8 Å². The average Bonchev–Trinajstić information content (AvgIpc) is 3.46. The SMILES string of the molecule is CC(=O)NCc1ccc(-c2nc(NC(=O)c3ccc(-n4cc[nH]c4=S)cc3)sc2C)s1. The van der Waals surface area contributed by atoms with Crippen LogP contribution in [-0.2, 0) is 11.3 Å². The normalized spacial score (nSPS) is 10.8. The van der Waals surface area contributed by atoms with Crippen molar-refractivity contribution in [2.45, 2.75) is 20.4 Å². The number of anilines is 1. The van der Waals surface area contributed by atoms with Gasteiger partial charge in [0.05, 0.1) is 17.1 Å². The fourth-order valence-corrected chi connectivity index (χ4v) is 5.07. The maximum atomic E-state index is 12.7. The number of amides is 2. The van der Waals surface area contributed by atoms with E-state index in [-0.39, 0.29) is 11.8 Å². The van der Waals surface area contributed by atoms with Crippen molar-refractivity contribution >= 4 is 51.8 Å². The lowest BCUT2D eigenvalue weighted by Gasteiger charge is -2.05. The summed E-state index contributed by atoms with van der Waals surface area (Å²) in [6, 6.07) is 11.2. The van der Waals surface area contributed by atoms with Crippen LogP contribution in [0.3, 0.4) is 0 Å². The predicted octanol–water partition coefficient (Wildman–Crippen LogP) is 4.92. The third kappa shape index (κ3) is 4.82. The van der Waals surface area contributed by atoms with Crippen molar-refractivity contribution in [2.24, 2.45) is 0 Å². The minimum Gasteiger partial charge on any atom is -0.351 e. The summed E-state index contributed by atoms with van der Waals surface area (Å²) in [6.45, 7) is 3.97. The van der Waals surface area contributed by atoms with Crippen molar-refractivity contribution in [1.82, 2.24) is 19.9 Å². The molecule has 3 heterocycles. The highest BCUT2D eigenvalue weighted by Crippen LogP contribution is 2.34. The summed E-state index contributed by atoms with van der Waals surface area (Å²) < 4.78 is 2.42. The molecule has 0 aliphatic carbocycles. The monoisotopic (exact) mass is 469 g/mol. The Morgan fingerprint density at radius 3 is 2.61 bits per heavy atom. The first-order chi connectivity index (χ1) is 14.9. The van der Waals surface area contributed by atoms with Gasteiger partial charge in [-0.05, 0) is 55.5 Å². The number of imidazole rings is 1. The molecule has 0 aliphatic rings. The molecule has 4 rings (SSSR count). The van der Waals surface area contributed by atoms with Crippen LogP contribution in [0.5, 0.6) is 0 Å². The third-order valence-corrected chi connectivity index (χ3v) is 6.77. The summed E-state index contributed by atoms with van der Waals surface area (Å²) in [6.07, 6.45) is 3.60. The van der Waals surface area contributed by atoms with E-state index < -0.39 is 0 Å². The van der Waals surface area contributed by atoms with E-state index in [1.54, 1.807) is 29.7 Å². The maximum Gasteiger partial charge on any atom is 0.257 e. The Bertz CT molecular complexity index is 1300. The molecule has 10 heteroatoms. The molecule has 158 valence electrons. The number of benzene rings is 1. The smallest absolute Gasteiger partial charge is 0.257 e. The largest absolute Gasteiger partial charge is 0.351 e. The third-order valence-electron chi connectivity index (χ3n) is 4.48. The molecular weight excluding hydrogens is 450 g/mol. The summed E-state index contributed by atoms with van der Waals surface area (Å²) in [5, 5.41) is 6.23. The molecule has 0 saturated heterocycles. The van der Waals surface area contributed by atoms with E-state index in [9.17, 15) is 9.59 Å². The van der Waals surface area contributed by atoms with Crippen LogP contribution < -0.4 is 10.6 Å². The van der Waals surface area contributed by atoms with Crippen molar-refractivity contribution in [3.05, 3.63) is 68.9 Å². The molecule has 0 aliphatic heterocycles. The number of carbonyl (C=O) groups is 2. The Balaban J connectivity index is 1.46. The number of thiazole rings is 1. The fraction of sp³-hybridized carbons (Fsp3) is 0.143. The lowest BCUT2D eigenvalue weighted by molar-refractivity contribution is -0.119. The molecule has 0 saturated carbocycles. The molecule has 0 bridgehead atoms. The van der Waals surface area contributed by atoms with Gasteiger partial charge in [0.25, 0.3) is 5.91 Å². The van der Waals surface area contributed by atoms with Gasteiger partial charge < -0.3 is 10.3 Å². The van der Waals surface area contributed by atoms with Crippen LogP contribution in [0.2, 0.25) is 0 Å². The van der Waals surface area contributed by atoms with Gasteiger partial charge in [0.15, 0.2) is 9.90 Å². The minimum atomic E-state index is -0.220. The van der Waals surface area contributed by atoms with Crippen molar-refractivity contribution in [1.29, 1.82) is 0 Å². The molecule has 7 nitrogen and oxygen atoms in total. The standard InChI is InChI=1S/C21H19N5O2S3/c1-12-18(17-8-7-16(31-17)11-23-13(2)27)24-20(30-12)25-19(28)14-3-5-15(6-4-14)26-10-9-22-21(26)29/h3-10H,11H2,1-2H3,(H,22,29)(H,23,27)(H,24,25,28). The van der Waals surface area contributed by atoms with E-state index in [2.05, 4.69) is 20.6 Å². The minimum absolute atomic E-state index is 0.0610. The van der Waals surface area contributed by atoms with Gasteiger partial charge in [-0.3, -0.25) is 19.5 Å². The first-order valence-electron chi connectivity index (χ1n) is 9.39. The molecule has 0 unspecified atom stereocenters. The Morgan fingerprint density at radius 2 is 1.94 bits per heavy atom. The second-order valence-electron chi connectivity index (χ2n) is 6.74. The first-order valence-corrected chi connectivity index (χ1v) is 11.4. The van der Waals surface area contributed by atoms with E-state index in [0.29, 0.717) is 22.0 Å². The number of nitrogens with zero attached hydrogens (tertiary/aromatic N) is 2. The summed E-state index contributed by atoms with van der Waals surface area (Å²) in [5.41, 5.74) is 2.26. The number of aryl methyl sites for hydroxylation is 1. The number of H-pyrrole nitrogens is 1. The summed E-state index contributed by atoms with van der Waals surface area (Å²) >= 11 is 8.23. The molecule has 1 aromatic carbocycles. The van der Waals surface area contributed by atoms with Crippen LogP contribution in [0.25, 0.3) is 16.3 Å². The summed E-state index contributed by atoms with van der Waals surface area (Å²) in [7, 11) is 0. The van der Waals surface area contributed by atoms with Gasteiger partial charge in [-0.25, -0.2) is 4.98 Å². The number of carbonyl (C=O) groups excluding carboxylic acids is 2. The Labute approximate surface area is 191 Å². The average molecular weight is 470 g/mol. The molecule has 3 aromatic heterocycles. The van der Waals surface area contributed by atoms with E-state index >= 15 is 0 Å². The molecule has 2 amide bonds. The van der Waals surface area contributed by atoms with Crippen LogP contribution in [0.4, 0.5) is 5.13 Å². The molecule has 31 heavy (non-hydrogen) atoms. The number of aromatic nitrogens is 3. The Hall–Kier alpha value is -3.08. The van der Waals surface area contributed by atoms with Gasteiger partial charge in [0.1, 0.15) is 0 Å². The van der Waals surface area contributed by atoms with Crippen LogP contribution in [0.15, 0.2) is 48.8 Å². The van der Waals surface area contributed by atoms with Crippen LogP contribution in [0.1, 0.15) is 27.0 Å². The van der Waals surface area contributed by atoms with E-state index in [4.69, 9.17) is 12.2 Å². The number of hydrogen-bond acceptors (Lipinski definition) is 6. The van der Waals surface area contributed by atoms with Crippen molar-refractivity contribution in [2.75, 3.05) is 5.32 Å². The zero-order valence-corrected chi connectivity index (χ0v) is 19.2. The van der Waals surface area contributed by atoms with Crippen LogP contribution in [-0.4, -0.2) is 26.3 Å². The molecule has 4 aromatic rings. The second-order valence-corrected chi connectivity index (χ2v) is 9.49. The number of aromatic amines is 1. The van der Waals surface area contributed by atoms with Crippen molar-refractivity contribution in [3.8, 4) is 16.3 Å². The fourth-order valence-electron chi connectivity index (χ4n) is 2.96. The predicted molar refractivity (Wildman–Crippen MR) is 127 cm³/mol. The molecular formula is C21H19N5O2S3. The molecule has 0 radical (unpaired) electrons. The maximum absolute atomic E-state index is 12.7. The number of nitrogens with one attached hydrogen (secondary N) is 3. The van der Waals surface area contributed by atoms with Crippen molar-refractivity contribution in [3.63, 3.8) is 0 Å². The number of hydrogen-bond donors (Lipinski definition) is 3. The van der Waals surface area contributed by atoms with E-state index in [1.165, 1.54) is 18.3 Å². The Morgan fingerprint density at radius 1 is 1.16 bits per heavy atom. The van der Waals surface area contributed by atoms with E-state index in [0.717, 1.165) is 26.0 Å². The highest BCUT2D eigenvalue weighted by atomic mass is 32.1. The van der Waals surface area contributed by atoms with Crippen LogP contribution >= 0.6 is 34.9 Å². The highest BCUT2D eigenvalue weighted by molar-refractivity contribution is 7.71. The van der Waals surface area contributed by atoms with Gasteiger partial charge in [-0.1, -0.05) is 0 Å². The van der Waals surface area contributed by atoms with Gasteiger partial charge in [0, 0.05) is 40.3 Å². The summed E-state index contributed by atoms with van der Waals surface area (Å²) in [5.74, 6) is -0.281. The molecule has 3 N–H and O–H groups in total. The lowest BCUT2D eigenvalue weighted by Crippen LogP contribution is -2.17. The van der Waals surface area contributed by atoms with Gasteiger partial charge in [-0.15, -0.1) is 22.7 Å². The highest BCUT2D eigenvalue weighted by Gasteiger charge is 2.15. The quantitative estimate of drug-likeness (QED) is 0.350. The number of thiophene rings is 1. The van der Waals surface area contributed by atoms with Gasteiger partial charge >= 0.3 is 0 Å². The molecule has 0 atom stereocenters. The zero-order valence-electron chi connectivity index (χ0n) is 16.8. The number of rotatable bonds is 6. The zero-order chi connectivity index (χ0) is 22.0. The molecule has 0 fully saturated rings. The van der Waals surface area contributed by atoms with Gasteiger partial charge in [-0.2, -0.15) is 0 Å². The Kier molecular flexibility index (Phi) is 6.12. The second kappa shape index (κ2) is 8.96. The van der Waals surface area contributed by atoms with Crippen molar-refractivity contribution < 1.29 is 9.59 Å². The first kappa shape index (κ1) is 21.2. The van der Waals surface area contributed by atoms with Gasteiger partial charge in [0.2, 0.25) is 5.91 Å². The van der Waals surface area contributed by atoms with E-state index in [1.807, 2.05) is 42.0 Å². The molecule has 0 spiro atoms. The van der Waals surface area contributed by atoms with Crippen LogP contribution in [0, 0.1) is 11.7 Å². The lowest BCUT2D eigenvalue weighted by atomic mass is 10.2. The summed E-state index contributed by atoms with van der Waals surface area (Å²) in [4.78, 5) is 34.4.